The molecule has 1 aliphatic carbocycles. The summed E-state index contributed by atoms with van der Waals surface area (Å²) in [6.45, 7) is 6.72. The number of hydrogen-bond donors (Lipinski definition) is 0. The van der Waals surface area contributed by atoms with Gasteiger partial charge in [0.1, 0.15) is 5.65 Å². The van der Waals surface area contributed by atoms with E-state index in [1.54, 1.807) is 0 Å². The maximum atomic E-state index is 4.85. The van der Waals surface area contributed by atoms with Gasteiger partial charge in [0.15, 0.2) is 0 Å². The molecular weight excluding hydrogens is 276 g/mol. The van der Waals surface area contributed by atoms with E-state index in [0.29, 0.717) is 0 Å². The van der Waals surface area contributed by atoms with Crippen molar-refractivity contribution in [1.29, 1.82) is 0 Å². The minimum Gasteiger partial charge on any atom is -0.303 e. The van der Waals surface area contributed by atoms with Crippen molar-refractivity contribution >= 4 is 21.6 Å². The normalized spacial score (nSPS) is 18.4. The summed E-state index contributed by atoms with van der Waals surface area (Å²) in [5.41, 5.74) is 5.25. The van der Waals surface area contributed by atoms with Crippen LogP contribution in [-0.2, 0) is 11.8 Å². The second-order valence-electron chi connectivity index (χ2n) is 5.68. The van der Waals surface area contributed by atoms with Gasteiger partial charge in [-0.1, -0.05) is 13.8 Å². The fourth-order valence-corrected chi connectivity index (χ4v) is 3.13. The lowest BCUT2D eigenvalue weighted by molar-refractivity contribution is 0.418. The summed E-state index contributed by atoms with van der Waals surface area (Å²) in [5, 5.41) is 0. The lowest BCUT2D eigenvalue weighted by Crippen LogP contribution is -2.24. The van der Waals surface area contributed by atoms with Gasteiger partial charge >= 0.3 is 0 Å². The van der Waals surface area contributed by atoms with Gasteiger partial charge in [-0.3, -0.25) is 0 Å². The largest absolute Gasteiger partial charge is 0.303 e. The predicted molar refractivity (Wildman–Crippen MR) is 73.6 cm³/mol. The number of halogens is 1. The number of pyridine rings is 1. The van der Waals surface area contributed by atoms with E-state index in [1.807, 2.05) is 0 Å². The fraction of sp³-hybridized carbons (Fsp3) is 0.500. The van der Waals surface area contributed by atoms with Crippen LogP contribution in [0, 0.1) is 6.92 Å². The van der Waals surface area contributed by atoms with Crippen molar-refractivity contribution in [2.45, 2.75) is 45.4 Å². The number of aromatic nitrogens is 2. The van der Waals surface area contributed by atoms with Crippen molar-refractivity contribution in [2.24, 2.45) is 0 Å². The Balaban J connectivity index is 2.34. The zero-order valence-electron chi connectivity index (χ0n) is 10.5. The molecular formula is C14H17BrN2. The molecule has 0 saturated carbocycles. The lowest BCUT2D eigenvalue weighted by atomic mass is 9.78. The van der Waals surface area contributed by atoms with Gasteiger partial charge in [0.2, 0.25) is 0 Å². The first-order valence-corrected chi connectivity index (χ1v) is 6.96. The molecule has 0 bridgehead atoms. The molecule has 3 rings (SSSR count). The zero-order chi connectivity index (χ0) is 12.2. The van der Waals surface area contributed by atoms with Gasteiger partial charge in [-0.25, -0.2) is 4.98 Å². The van der Waals surface area contributed by atoms with Crippen molar-refractivity contribution in [3.8, 4) is 0 Å². The van der Waals surface area contributed by atoms with Crippen LogP contribution in [0.1, 0.15) is 43.6 Å². The lowest BCUT2D eigenvalue weighted by Gasteiger charge is -2.28. The van der Waals surface area contributed by atoms with E-state index in [9.17, 15) is 0 Å². The van der Waals surface area contributed by atoms with Gasteiger partial charge in [-0.15, -0.1) is 0 Å². The third-order valence-electron chi connectivity index (χ3n) is 3.86. The minimum absolute atomic E-state index is 0.222. The molecule has 0 amide bonds. The standard InChI is InChI=1S/C14H17BrN2/c1-9-7-12-16-13-11(17(12)8-10(9)15)5-4-6-14(13,2)3/h7-8H,4-6H2,1-3H3. The van der Waals surface area contributed by atoms with E-state index in [1.165, 1.54) is 29.8 Å². The van der Waals surface area contributed by atoms with Crippen LogP contribution in [0.2, 0.25) is 0 Å². The molecule has 0 saturated heterocycles. The molecule has 2 aromatic heterocycles. The first-order chi connectivity index (χ1) is 7.99. The molecule has 0 fully saturated rings. The number of fused-ring (bicyclic) bond motifs is 3. The van der Waals surface area contributed by atoms with Crippen molar-refractivity contribution in [2.75, 3.05) is 0 Å². The summed E-state index contributed by atoms with van der Waals surface area (Å²) >= 11 is 3.61. The zero-order valence-corrected chi connectivity index (χ0v) is 12.1. The van der Waals surface area contributed by atoms with Gasteiger partial charge in [0, 0.05) is 21.8 Å². The van der Waals surface area contributed by atoms with Crippen LogP contribution < -0.4 is 0 Å². The molecule has 2 aromatic rings. The molecule has 90 valence electrons. The minimum atomic E-state index is 0.222. The molecule has 0 aliphatic heterocycles. The summed E-state index contributed by atoms with van der Waals surface area (Å²) in [7, 11) is 0. The van der Waals surface area contributed by atoms with E-state index >= 15 is 0 Å². The fourth-order valence-electron chi connectivity index (χ4n) is 2.81. The summed E-state index contributed by atoms with van der Waals surface area (Å²) in [5.74, 6) is 0. The SMILES string of the molecule is Cc1cc2nc3c(n2cc1Br)CCCC3(C)C. The predicted octanol–water partition coefficient (Wildman–Crippen LogP) is 4.02. The summed E-state index contributed by atoms with van der Waals surface area (Å²) in [4.78, 5) is 4.85. The Morgan fingerprint density at radius 3 is 2.94 bits per heavy atom. The second kappa shape index (κ2) is 3.58. The first-order valence-electron chi connectivity index (χ1n) is 6.16. The smallest absolute Gasteiger partial charge is 0.137 e. The van der Waals surface area contributed by atoms with E-state index in [-0.39, 0.29) is 5.41 Å². The van der Waals surface area contributed by atoms with Crippen LogP contribution in [0.3, 0.4) is 0 Å². The maximum Gasteiger partial charge on any atom is 0.137 e. The summed E-state index contributed by atoms with van der Waals surface area (Å²) in [6.07, 6.45) is 5.82. The number of imidazole rings is 1. The summed E-state index contributed by atoms with van der Waals surface area (Å²) < 4.78 is 3.42. The molecule has 2 nitrogen and oxygen atoms in total. The third kappa shape index (κ3) is 1.63. The van der Waals surface area contributed by atoms with Crippen LogP contribution in [0.5, 0.6) is 0 Å². The Morgan fingerprint density at radius 2 is 2.18 bits per heavy atom. The van der Waals surface area contributed by atoms with Crippen molar-refractivity contribution in [3.05, 3.63) is 33.7 Å². The highest BCUT2D eigenvalue weighted by Crippen LogP contribution is 2.37. The summed E-state index contributed by atoms with van der Waals surface area (Å²) in [6, 6.07) is 2.17. The third-order valence-corrected chi connectivity index (χ3v) is 4.69. The van der Waals surface area contributed by atoms with E-state index in [0.717, 1.165) is 16.5 Å². The van der Waals surface area contributed by atoms with Crippen molar-refractivity contribution in [3.63, 3.8) is 0 Å². The van der Waals surface area contributed by atoms with Crippen LogP contribution in [-0.4, -0.2) is 9.38 Å². The van der Waals surface area contributed by atoms with Crippen LogP contribution in [0.4, 0.5) is 0 Å². The highest BCUT2D eigenvalue weighted by atomic mass is 79.9. The molecule has 0 atom stereocenters. The van der Waals surface area contributed by atoms with E-state index in [2.05, 4.69) is 53.4 Å². The molecule has 3 heteroatoms. The Hall–Kier alpha value is -0.830. The molecule has 1 aliphatic rings. The average molecular weight is 293 g/mol. The van der Waals surface area contributed by atoms with E-state index in [4.69, 9.17) is 4.98 Å². The Morgan fingerprint density at radius 1 is 1.41 bits per heavy atom. The quantitative estimate of drug-likeness (QED) is 0.717. The van der Waals surface area contributed by atoms with E-state index < -0.39 is 0 Å². The molecule has 17 heavy (non-hydrogen) atoms. The average Bonchev–Trinajstić information content (AvgIpc) is 2.59. The maximum absolute atomic E-state index is 4.85. The highest BCUT2D eigenvalue weighted by molar-refractivity contribution is 9.10. The van der Waals surface area contributed by atoms with Gasteiger partial charge < -0.3 is 4.40 Å². The molecule has 0 radical (unpaired) electrons. The van der Waals surface area contributed by atoms with Crippen LogP contribution in [0.25, 0.3) is 5.65 Å². The topological polar surface area (TPSA) is 17.3 Å². The van der Waals surface area contributed by atoms with Crippen LogP contribution >= 0.6 is 15.9 Å². The monoisotopic (exact) mass is 292 g/mol. The van der Waals surface area contributed by atoms with Crippen molar-refractivity contribution < 1.29 is 0 Å². The molecule has 2 heterocycles. The number of rotatable bonds is 0. The van der Waals surface area contributed by atoms with Crippen LogP contribution in [0.15, 0.2) is 16.7 Å². The number of nitrogens with zero attached hydrogens (tertiary/aromatic N) is 2. The van der Waals surface area contributed by atoms with Gasteiger partial charge in [0.05, 0.1) is 5.69 Å². The number of aryl methyl sites for hydroxylation is 2. The van der Waals surface area contributed by atoms with Crippen molar-refractivity contribution in [1.82, 2.24) is 9.38 Å². The molecule has 0 spiro atoms. The van der Waals surface area contributed by atoms with Gasteiger partial charge in [-0.2, -0.15) is 0 Å². The molecule has 0 unspecified atom stereocenters. The van der Waals surface area contributed by atoms with Gasteiger partial charge in [0.25, 0.3) is 0 Å². The second-order valence-corrected chi connectivity index (χ2v) is 6.53. The first kappa shape index (κ1) is 11.3. The Labute approximate surface area is 110 Å². The Bertz CT molecular complexity index is 596. The molecule has 0 aromatic carbocycles. The highest BCUT2D eigenvalue weighted by Gasteiger charge is 2.31. The number of hydrogen-bond acceptors (Lipinski definition) is 1. The Kier molecular flexibility index (Phi) is 2.37. The van der Waals surface area contributed by atoms with Gasteiger partial charge in [-0.05, 0) is 53.7 Å². The molecule has 0 N–H and O–H groups in total.